The SMILES string of the molecule is CCC[NH+](CCC)Cc1c(C)[nH]c2c(C)ccc(C)c2c1=O. The summed E-state index contributed by atoms with van der Waals surface area (Å²) in [5, 5.41) is 0.868. The summed E-state index contributed by atoms with van der Waals surface area (Å²) < 4.78 is 0. The third-order valence-corrected chi connectivity index (χ3v) is 4.52. The van der Waals surface area contributed by atoms with Crippen molar-refractivity contribution in [2.75, 3.05) is 13.1 Å². The molecular weight excluding hydrogens is 272 g/mol. The zero-order chi connectivity index (χ0) is 16.3. The van der Waals surface area contributed by atoms with Crippen molar-refractivity contribution in [1.29, 1.82) is 0 Å². The maximum absolute atomic E-state index is 13.0. The summed E-state index contributed by atoms with van der Waals surface area (Å²) in [5.74, 6) is 0. The van der Waals surface area contributed by atoms with Crippen LogP contribution in [-0.4, -0.2) is 18.1 Å². The Balaban J connectivity index is 2.55. The monoisotopic (exact) mass is 301 g/mol. The summed E-state index contributed by atoms with van der Waals surface area (Å²) >= 11 is 0. The molecule has 0 aliphatic heterocycles. The van der Waals surface area contributed by atoms with E-state index in [-0.39, 0.29) is 5.43 Å². The van der Waals surface area contributed by atoms with E-state index in [0.717, 1.165) is 65.8 Å². The topological polar surface area (TPSA) is 37.3 Å². The third kappa shape index (κ3) is 3.25. The van der Waals surface area contributed by atoms with Crippen molar-refractivity contribution in [1.82, 2.24) is 4.98 Å². The van der Waals surface area contributed by atoms with Gasteiger partial charge in [-0.2, -0.15) is 0 Å². The van der Waals surface area contributed by atoms with Crippen LogP contribution in [0.2, 0.25) is 0 Å². The Morgan fingerprint density at radius 3 is 2.18 bits per heavy atom. The average molecular weight is 301 g/mol. The van der Waals surface area contributed by atoms with Crippen LogP contribution in [0.5, 0.6) is 0 Å². The Morgan fingerprint density at radius 2 is 1.59 bits per heavy atom. The molecule has 120 valence electrons. The predicted octanol–water partition coefficient (Wildman–Crippen LogP) is 2.66. The highest BCUT2D eigenvalue weighted by Crippen LogP contribution is 2.18. The van der Waals surface area contributed by atoms with E-state index in [1.807, 2.05) is 13.8 Å². The van der Waals surface area contributed by atoms with Gasteiger partial charge in [0.05, 0.1) is 24.2 Å². The first kappa shape index (κ1) is 16.8. The van der Waals surface area contributed by atoms with Gasteiger partial charge in [-0.25, -0.2) is 0 Å². The Hall–Kier alpha value is -1.61. The van der Waals surface area contributed by atoms with E-state index in [9.17, 15) is 4.79 Å². The second-order valence-electron chi connectivity index (χ2n) is 6.43. The number of H-pyrrole nitrogens is 1. The fourth-order valence-electron chi connectivity index (χ4n) is 3.32. The Morgan fingerprint density at radius 1 is 1.00 bits per heavy atom. The minimum atomic E-state index is 0.220. The standard InChI is InChI=1S/C19H28N2O/c1-6-10-21(11-7-2)12-16-15(5)20-18-14(4)9-8-13(3)17(18)19(16)22/h8-9H,6-7,10-12H2,1-5H3,(H,20,22)/p+1. The molecule has 1 aromatic heterocycles. The molecular formula is C19H29N2O+. The van der Waals surface area contributed by atoms with Crippen molar-refractivity contribution in [2.24, 2.45) is 0 Å². The second-order valence-corrected chi connectivity index (χ2v) is 6.43. The fourth-order valence-corrected chi connectivity index (χ4v) is 3.32. The minimum absolute atomic E-state index is 0.220. The minimum Gasteiger partial charge on any atom is -0.358 e. The highest BCUT2D eigenvalue weighted by Gasteiger charge is 2.17. The second kappa shape index (κ2) is 7.10. The zero-order valence-electron chi connectivity index (χ0n) is 14.6. The van der Waals surface area contributed by atoms with Crippen LogP contribution in [-0.2, 0) is 6.54 Å². The number of hydrogen-bond acceptors (Lipinski definition) is 1. The number of quaternary nitrogens is 1. The maximum atomic E-state index is 13.0. The molecule has 0 aliphatic rings. The van der Waals surface area contributed by atoms with Gasteiger partial charge in [-0.1, -0.05) is 26.0 Å². The Labute approximate surface area is 133 Å². The molecule has 2 aromatic rings. The molecule has 3 heteroatoms. The first-order valence-corrected chi connectivity index (χ1v) is 8.44. The van der Waals surface area contributed by atoms with E-state index in [0.29, 0.717) is 0 Å². The molecule has 0 saturated carbocycles. The molecule has 0 amide bonds. The summed E-state index contributed by atoms with van der Waals surface area (Å²) in [5.41, 5.74) is 5.40. The smallest absolute Gasteiger partial charge is 0.198 e. The molecule has 2 rings (SSSR count). The van der Waals surface area contributed by atoms with Gasteiger partial charge in [0.15, 0.2) is 5.43 Å². The number of aromatic nitrogens is 1. The summed E-state index contributed by atoms with van der Waals surface area (Å²) in [4.78, 5) is 18.0. The molecule has 0 fully saturated rings. The number of nitrogens with one attached hydrogen (secondary N) is 2. The van der Waals surface area contributed by atoms with Crippen molar-refractivity contribution in [3.63, 3.8) is 0 Å². The van der Waals surface area contributed by atoms with Crippen LogP contribution in [0, 0.1) is 20.8 Å². The lowest BCUT2D eigenvalue weighted by molar-refractivity contribution is -0.914. The van der Waals surface area contributed by atoms with Crippen LogP contribution in [0.3, 0.4) is 0 Å². The van der Waals surface area contributed by atoms with Gasteiger partial charge in [-0.05, 0) is 44.7 Å². The molecule has 0 unspecified atom stereocenters. The number of hydrogen-bond donors (Lipinski definition) is 2. The van der Waals surface area contributed by atoms with Crippen molar-refractivity contribution in [2.45, 2.75) is 54.0 Å². The summed E-state index contributed by atoms with van der Waals surface area (Å²) in [6, 6.07) is 4.13. The van der Waals surface area contributed by atoms with Gasteiger partial charge < -0.3 is 9.88 Å². The zero-order valence-corrected chi connectivity index (χ0v) is 14.6. The average Bonchev–Trinajstić information content (AvgIpc) is 2.47. The fraction of sp³-hybridized carbons (Fsp3) is 0.526. The van der Waals surface area contributed by atoms with E-state index >= 15 is 0 Å². The lowest BCUT2D eigenvalue weighted by Gasteiger charge is -2.19. The molecule has 0 bridgehead atoms. The van der Waals surface area contributed by atoms with Crippen LogP contribution in [0.25, 0.3) is 10.9 Å². The van der Waals surface area contributed by atoms with Gasteiger partial charge >= 0.3 is 0 Å². The molecule has 3 nitrogen and oxygen atoms in total. The number of aryl methyl sites for hydroxylation is 3. The molecule has 0 spiro atoms. The molecule has 0 aliphatic carbocycles. The van der Waals surface area contributed by atoms with E-state index < -0.39 is 0 Å². The lowest BCUT2D eigenvalue weighted by Crippen LogP contribution is -3.10. The molecule has 22 heavy (non-hydrogen) atoms. The first-order valence-electron chi connectivity index (χ1n) is 8.44. The molecule has 1 aromatic carbocycles. The molecule has 0 atom stereocenters. The van der Waals surface area contributed by atoms with E-state index in [4.69, 9.17) is 0 Å². The third-order valence-electron chi connectivity index (χ3n) is 4.52. The molecule has 2 N–H and O–H groups in total. The lowest BCUT2D eigenvalue weighted by atomic mass is 10.0. The van der Waals surface area contributed by atoms with Gasteiger partial charge in [0.2, 0.25) is 0 Å². The summed E-state index contributed by atoms with van der Waals surface area (Å²) in [7, 11) is 0. The Bertz CT molecular complexity index is 709. The van der Waals surface area contributed by atoms with Crippen LogP contribution in [0.15, 0.2) is 16.9 Å². The largest absolute Gasteiger partial charge is 0.358 e. The summed E-state index contributed by atoms with van der Waals surface area (Å²) in [6.45, 7) is 13.6. The molecule has 0 radical (unpaired) electrons. The van der Waals surface area contributed by atoms with Gasteiger partial charge in [0.1, 0.15) is 6.54 Å². The number of rotatable bonds is 6. The van der Waals surface area contributed by atoms with Crippen molar-refractivity contribution < 1.29 is 4.90 Å². The van der Waals surface area contributed by atoms with E-state index in [2.05, 4.69) is 37.9 Å². The number of pyridine rings is 1. The quantitative estimate of drug-likeness (QED) is 0.846. The highest BCUT2D eigenvalue weighted by atomic mass is 16.1. The highest BCUT2D eigenvalue weighted by molar-refractivity contribution is 5.85. The number of aromatic amines is 1. The first-order chi connectivity index (χ1) is 10.5. The van der Waals surface area contributed by atoms with E-state index in [1.165, 1.54) is 4.90 Å². The van der Waals surface area contributed by atoms with Crippen molar-refractivity contribution >= 4 is 10.9 Å². The normalized spacial score (nSPS) is 11.5. The van der Waals surface area contributed by atoms with Crippen molar-refractivity contribution in [3.8, 4) is 0 Å². The van der Waals surface area contributed by atoms with E-state index in [1.54, 1.807) is 0 Å². The molecule has 1 heterocycles. The summed E-state index contributed by atoms with van der Waals surface area (Å²) in [6.07, 6.45) is 2.30. The predicted molar refractivity (Wildman–Crippen MR) is 93.8 cm³/mol. The van der Waals surface area contributed by atoms with Crippen LogP contribution in [0.4, 0.5) is 0 Å². The van der Waals surface area contributed by atoms with Gasteiger partial charge in [0.25, 0.3) is 0 Å². The maximum Gasteiger partial charge on any atom is 0.198 e. The van der Waals surface area contributed by atoms with Crippen molar-refractivity contribution in [3.05, 3.63) is 44.7 Å². The van der Waals surface area contributed by atoms with Crippen LogP contribution in [0.1, 0.15) is 49.1 Å². The van der Waals surface area contributed by atoms with Gasteiger partial charge in [0, 0.05) is 11.1 Å². The van der Waals surface area contributed by atoms with Crippen LogP contribution >= 0.6 is 0 Å². The Kier molecular flexibility index (Phi) is 5.41. The molecule has 0 saturated heterocycles. The van der Waals surface area contributed by atoms with Crippen LogP contribution < -0.4 is 10.3 Å². The number of fused-ring (bicyclic) bond motifs is 1. The van der Waals surface area contributed by atoms with Gasteiger partial charge in [-0.3, -0.25) is 4.79 Å². The number of benzene rings is 1. The van der Waals surface area contributed by atoms with Gasteiger partial charge in [-0.15, -0.1) is 0 Å².